The summed E-state index contributed by atoms with van der Waals surface area (Å²) < 4.78 is 5.87. The van der Waals surface area contributed by atoms with Gasteiger partial charge in [0.05, 0.1) is 10.7 Å². The third-order valence-corrected chi connectivity index (χ3v) is 5.20. The number of hydrogen-bond acceptors (Lipinski definition) is 3. The highest BCUT2D eigenvalue weighted by molar-refractivity contribution is 6.32. The Morgan fingerprint density at radius 3 is 2.81 bits per heavy atom. The van der Waals surface area contributed by atoms with Gasteiger partial charge in [0, 0.05) is 36.3 Å². The number of aromatic amines is 1. The summed E-state index contributed by atoms with van der Waals surface area (Å²) in [6.07, 6.45) is 1.02. The van der Waals surface area contributed by atoms with E-state index >= 15 is 0 Å². The van der Waals surface area contributed by atoms with Gasteiger partial charge in [0.25, 0.3) is 0 Å². The Balaban J connectivity index is 1.54. The van der Waals surface area contributed by atoms with Crippen LogP contribution in [0.25, 0.3) is 11.3 Å². The van der Waals surface area contributed by atoms with Gasteiger partial charge in [-0.05, 0) is 30.3 Å². The molecule has 0 amide bonds. The van der Waals surface area contributed by atoms with Crippen LogP contribution in [0.15, 0.2) is 48.5 Å². The van der Waals surface area contributed by atoms with Crippen molar-refractivity contribution in [3.63, 3.8) is 0 Å². The molecule has 1 aliphatic heterocycles. The van der Waals surface area contributed by atoms with Crippen LogP contribution in [0.1, 0.15) is 23.7 Å². The van der Waals surface area contributed by atoms with E-state index in [1.165, 1.54) is 11.3 Å². The largest absolute Gasteiger partial charge is 0.487 e. The van der Waals surface area contributed by atoms with Crippen molar-refractivity contribution in [1.82, 2.24) is 15.1 Å². The van der Waals surface area contributed by atoms with Gasteiger partial charge in [-0.3, -0.25) is 10.00 Å². The number of rotatable bonds is 5. The SMILES string of the molecule is CCN1CCc2[nH]nc(-c3ccc(OCc4ccccc4)c(Cl)c3)c2C1. The van der Waals surface area contributed by atoms with E-state index in [-0.39, 0.29) is 0 Å². The molecule has 0 saturated carbocycles. The Kier molecular flexibility index (Phi) is 4.96. The quantitative estimate of drug-likeness (QED) is 0.711. The van der Waals surface area contributed by atoms with Crippen molar-refractivity contribution >= 4 is 11.6 Å². The first-order valence-electron chi connectivity index (χ1n) is 8.99. The summed E-state index contributed by atoms with van der Waals surface area (Å²) in [5, 5.41) is 8.36. The molecule has 4 rings (SSSR count). The fourth-order valence-corrected chi connectivity index (χ4v) is 3.60. The van der Waals surface area contributed by atoms with Crippen molar-refractivity contribution in [1.29, 1.82) is 0 Å². The second kappa shape index (κ2) is 7.52. The first-order valence-corrected chi connectivity index (χ1v) is 9.37. The van der Waals surface area contributed by atoms with Gasteiger partial charge in [0.15, 0.2) is 0 Å². The van der Waals surface area contributed by atoms with Gasteiger partial charge in [0.1, 0.15) is 12.4 Å². The maximum Gasteiger partial charge on any atom is 0.138 e. The van der Waals surface area contributed by atoms with Gasteiger partial charge in [-0.2, -0.15) is 5.10 Å². The first kappa shape index (κ1) is 17.1. The zero-order chi connectivity index (χ0) is 17.9. The van der Waals surface area contributed by atoms with E-state index in [1.807, 2.05) is 48.5 Å². The Hall–Kier alpha value is -2.30. The smallest absolute Gasteiger partial charge is 0.138 e. The number of hydrogen-bond donors (Lipinski definition) is 1. The molecule has 2 aromatic carbocycles. The summed E-state index contributed by atoms with van der Waals surface area (Å²) in [5.74, 6) is 0.693. The molecular weight excluding hydrogens is 346 g/mol. The van der Waals surface area contributed by atoms with Crippen LogP contribution in [0.3, 0.4) is 0 Å². The zero-order valence-electron chi connectivity index (χ0n) is 14.8. The summed E-state index contributed by atoms with van der Waals surface area (Å²) >= 11 is 6.48. The van der Waals surface area contributed by atoms with Crippen LogP contribution >= 0.6 is 11.6 Å². The van der Waals surface area contributed by atoms with Crippen LogP contribution in [0.4, 0.5) is 0 Å². The van der Waals surface area contributed by atoms with Crippen LogP contribution in [-0.2, 0) is 19.6 Å². The molecular formula is C21H22ClN3O. The Morgan fingerprint density at radius 1 is 1.19 bits per heavy atom. The summed E-state index contributed by atoms with van der Waals surface area (Å²) in [5.41, 5.74) is 5.66. The maximum absolute atomic E-state index is 6.48. The number of aromatic nitrogens is 2. The highest BCUT2D eigenvalue weighted by atomic mass is 35.5. The predicted octanol–water partition coefficient (Wildman–Crippen LogP) is 4.69. The van der Waals surface area contributed by atoms with Crippen molar-refractivity contribution in [2.45, 2.75) is 26.5 Å². The monoisotopic (exact) mass is 367 g/mol. The van der Waals surface area contributed by atoms with E-state index in [0.717, 1.165) is 42.9 Å². The minimum absolute atomic E-state index is 0.503. The van der Waals surface area contributed by atoms with Crippen LogP contribution in [0.2, 0.25) is 5.02 Å². The van der Waals surface area contributed by atoms with Crippen molar-refractivity contribution in [2.24, 2.45) is 0 Å². The molecule has 0 unspecified atom stereocenters. The van der Waals surface area contributed by atoms with E-state index < -0.39 is 0 Å². The maximum atomic E-state index is 6.48. The molecule has 0 aliphatic carbocycles. The third-order valence-electron chi connectivity index (χ3n) is 4.90. The molecule has 0 radical (unpaired) electrons. The molecule has 1 aromatic heterocycles. The van der Waals surface area contributed by atoms with E-state index in [1.54, 1.807) is 0 Å². The van der Waals surface area contributed by atoms with E-state index in [9.17, 15) is 0 Å². The number of H-pyrrole nitrogens is 1. The van der Waals surface area contributed by atoms with Crippen LogP contribution in [-0.4, -0.2) is 28.2 Å². The molecule has 26 heavy (non-hydrogen) atoms. The number of halogens is 1. The lowest BCUT2D eigenvalue weighted by Crippen LogP contribution is -2.30. The average Bonchev–Trinajstić information content (AvgIpc) is 3.11. The van der Waals surface area contributed by atoms with E-state index in [2.05, 4.69) is 22.0 Å². The van der Waals surface area contributed by atoms with Gasteiger partial charge >= 0.3 is 0 Å². The van der Waals surface area contributed by atoms with Crippen LogP contribution in [0, 0.1) is 0 Å². The highest BCUT2D eigenvalue weighted by Crippen LogP contribution is 2.33. The Labute approximate surface area is 158 Å². The van der Waals surface area contributed by atoms with Gasteiger partial charge in [0.2, 0.25) is 0 Å². The summed E-state index contributed by atoms with van der Waals surface area (Å²) in [6.45, 7) is 5.76. The highest BCUT2D eigenvalue weighted by Gasteiger charge is 2.22. The standard InChI is InChI=1S/C21H22ClN3O/c1-2-25-11-10-19-17(13-25)21(24-23-19)16-8-9-20(18(22)12-16)26-14-15-6-4-3-5-7-15/h3-9,12H,2,10-11,13-14H2,1H3,(H,23,24). The molecule has 1 N–H and O–H groups in total. The van der Waals surface area contributed by atoms with Crippen LogP contribution < -0.4 is 4.74 Å². The topological polar surface area (TPSA) is 41.2 Å². The average molecular weight is 368 g/mol. The predicted molar refractivity (Wildman–Crippen MR) is 104 cm³/mol. The summed E-state index contributed by atoms with van der Waals surface area (Å²) in [4.78, 5) is 2.43. The van der Waals surface area contributed by atoms with Gasteiger partial charge in [-0.15, -0.1) is 0 Å². The fraction of sp³-hybridized carbons (Fsp3) is 0.286. The second-order valence-corrected chi connectivity index (χ2v) is 6.97. The molecule has 0 spiro atoms. The minimum Gasteiger partial charge on any atom is -0.487 e. The fourth-order valence-electron chi connectivity index (χ4n) is 3.36. The molecule has 0 fully saturated rings. The van der Waals surface area contributed by atoms with Crippen molar-refractivity contribution in [3.05, 3.63) is 70.4 Å². The molecule has 3 aromatic rings. The molecule has 2 heterocycles. The molecule has 5 heteroatoms. The van der Waals surface area contributed by atoms with Gasteiger partial charge < -0.3 is 4.74 Å². The number of nitrogens with zero attached hydrogens (tertiary/aromatic N) is 2. The number of nitrogens with one attached hydrogen (secondary N) is 1. The lowest BCUT2D eigenvalue weighted by atomic mass is 10.0. The lowest BCUT2D eigenvalue weighted by molar-refractivity contribution is 0.267. The third kappa shape index (κ3) is 3.48. The van der Waals surface area contributed by atoms with Gasteiger partial charge in [-0.25, -0.2) is 0 Å². The molecule has 0 atom stereocenters. The van der Waals surface area contributed by atoms with Gasteiger partial charge in [-0.1, -0.05) is 48.9 Å². The van der Waals surface area contributed by atoms with Crippen molar-refractivity contribution in [3.8, 4) is 17.0 Å². The Bertz CT molecular complexity index is 892. The molecule has 0 bridgehead atoms. The molecule has 134 valence electrons. The van der Waals surface area contributed by atoms with E-state index in [0.29, 0.717) is 17.4 Å². The van der Waals surface area contributed by atoms with E-state index in [4.69, 9.17) is 16.3 Å². The summed E-state index contributed by atoms with van der Waals surface area (Å²) in [6, 6.07) is 16.0. The number of fused-ring (bicyclic) bond motifs is 1. The minimum atomic E-state index is 0.503. The number of likely N-dealkylation sites (N-methyl/N-ethyl adjacent to an activating group) is 1. The normalized spacial score (nSPS) is 14.2. The molecule has 4 nitrogen and oxygen atoms in total. The number of benzene rings is 2. The lowest BCUT2D eigenvalue weighted by Gasteiger charge is -2.25. The zero-order valence-corrected chi connectivity index (χ0v) is 15.6. The van der Waals surface area contributed by atoms with Crippen LogP contribution in [0.5, 0.6) is 5.75 Å². The summed E-state index contributed by atoms with van der Waals surface area (Å²) in [7, 11) is 0. The first-order chi connectivity index (χ1) is 12.7. The Morgan fingerprint density at radius 2 is 2.04 bits per heavy atom. The molecule has 0 saturated heterocycles. The van der Waals surface area contributed by atoms with Crippen molar-refractivity contribution < 1.29 is 4.74 Å². The second-order valence-electron chi connectivity index (χ2n) is 6.57. The number of ether oxygens (including phenoxy) is 1. The van der Waals surface area contributed by atoms with Crippen molar-refractivity contribution in [2.75, 3.05) is 13.1 Å². The molecule has 1 aliphatic rings.